The van der Waals surface area contributed by atoms with Crippen LogP contribution in [0, 0.1) is 0 Å². The summed E-state index contributed by atoms with van der Waals surface area (Å²) in [5, 5.41) is 0. The zero-order chi connectivity index (χ0) is 7.28. The van der Waals surface area contributed by atoms with Gasteiger partial charge in [0.05, 0.1) is 0 Å². The second-order valence-corrected chi connectivity index (χ2v) is 2.01. The largest absolute Gasteiger partial charge is 0.325 e. The molecule has 3 N–H and O–H groups in total. The molecule has 0 bridgehead atoms. The summed E-state index contributed by atoms with van der Waals surface area (Å²) in [5.41, 5.74) is 4.49. The molecular formula is C7H14N2. The van der Waals surface area contributed by atoms with Crippen LogP contribution in [0.1, 0.15) is 20.3 Å². The molecule has 0 atom stereocenters. The van der Waals surface area contributed by atoms with Gasteiger partial charge in [-0.1, -0.05) is 19.1 Å². The number of nitrogens with two attached hydrogens (primary N) is 1. The third kappa shape index (κ3) is 3.79. The second-order valence-electron chi connectivity index (χ2n) is 2.01. The van der Waals surface area contributed by atoms with E-state index < -0.39 is 0 Å². The first-order valence-electron chi connectivity index (χ1n) is 3.03. The van der Waals surface area contributed by atoms with Crippen molar-refractivity contribution in [2.24, 2.45) is 5.84 Å². The van der Waals surface area contributed by atoms with Crippen molar-refractivity contribution in [3.63, 3.8) is 0 Å². The molecule has 2 nitrogen and oxygen atoms in total. The lowest BCUT2D eigenvalue weighted by Gasteiger charge is -1.98. The van der Waals surface area contributed by atoms with Gasteiger partial charge in [-0.05, 0) is 19.4 Å². The Morgan fingerprint density at radius 1 is 1.78 bits per heavy atom. The average molecular weight is 126 g/mol. The van der Waals surface area contributed by atoms with Crippen LogP contribution in [0.25, 0.3) is 0 Å². The summed E-state index contributed by atoms with van der Waals surface area (Å²) >= 11 is 0. The van der Waals surface area contributed by atoms with E-state index in [4.69, 9.17) is 5.84 Å². The van der Waals surface area contributed by atoms with E-state index in [1.807, 2.05) is 13.0 Å². The third-order valence-corrected chi connectivity index (χ3v) is 1.16. The van der Waals surface area contributed by atoms with Crippen LogP contribution in [0.3, 0.4) is 0 Å². The van der Waals surface area contributed by atoms with Crippen molar-refractivity contribution in [3.05, 3.63) is 23.9 Å². The quantitative estimate of drug-likeness (QED) is 0.340. The molecule has 0 fully saturated rings. The molecule has 0 rings (SSSR count). The summed E-state index contributed by atoms with van der Waals surface area (Å²) in [6.45, 7) is 7.79. The maximum Gasteiger partial charge on any atom is 0.0412 e. The summed E-state index contributed by atoms with van der Waals surface area (Å²) < 4.78 is 0. The van der Waals surface area contributed by atoms with Gasteiger partial charge in [0.2, 0.25) is 0 Å². The van der Waals surface area contributed by atoms with Gasteiger partial charge in [-0.15, -0.1) is 0 Å². The first-order chi connectivity index (χ1) is 4.20. The second kappa shape index (κ2) is 4.15. The lowest BCUT2D eigenvalue weighted by molar-refractivity contribution is 0.913. The average Bonchev–Trinajstić information content (AvgIpc) is 1.87. The number of allylic oxidation sites excluding steroid dienone is 2. The molecule has 0 heterocycles. The highest BCUT2D eigenvalue weighted by Gasteiger charge is 1.84. The standard InChI is InChI=1S/C7H14N2/c1-4-6(2)5-7(3)9-8/h5,9H,3-4,8H2,1-2H3/b6-5-. The van der Waals surface area contributed by atoms with Crippen LogP contribution in [-0.4, -0.2) is 0 Å². The highest BCUT2D eigenvalue weighted by molar-refractivity contribution is 5.16. The third-order valence-electron chi connectivity index (χ3n) is 1.16. The Morgan fingerprint density at radius 2 is 2.33 bits per heavy atom. The van der Waals surface area contributed by atoms with E-state index in [1.165, 1.54) is 5.57 Å². The Hall–Kier alpha value is -0.760. The van der Waals surface area contributed by atoms with Gasteiger partial charge in [0.25, 0.3) is 0 Å². The van der Waals surface area contributed by atoms with Gasteiger partial charge in [-0.3, -0.25) is 5.84 Å². The van der Waals surface area contributed by atoms with E-state index in [0.29, 0.717) is 0 Å². The summed E-state index contributed by atoms with van der Waals surface area (Å²) in [7, 11) is 0. The maximum atomic E-state index is 5.08. The number of hydrazine groups is 1. The molecule has 0 aliphatic rings. The Labute approximate surface area is 56.4 Å². The molecule has 0 spiro atoms. The molecular weight excluding hydrogens is 112 g/mol. The van der Waals surface area contributed by atoms with Crippen LogP contribution in [0.15, 0.2) is 23.9 Å². The normalized spacial score (nSPS) is 11.2. The van der Waals surface area contributed by atoms with Gasteiger partial charge in [0, 0.05) is 5.70 Å². The van der Waals surface area contributed by atoms with Crippen LogP contribution >= 0.6 is 0 Å². The van der Waals surface area contributed by atoms with Crippen molar-refractivity contribution in [1.82, 2.24) is 5.43 Å². The van der Waals surface area contributed by atoms with E-state index in [0.717, 1.165) is 12.1 Å². The topological polar surface area (TPSA) is 38.0 Å². The van der Waals surface area contributed by atoms with Crippen molar-refractivity contribution in [3.8, 4) is 0 Å². The van der Waals surface area contributed by atoms with Crippen molar-refractivity contribution < 1.29 is 0 Å². The Morgan fingerprint density at radius 3 is 2.67 bits per heavy atom. The zero-order valence-corrected chi connectivity index (χ0v) is 6.07. The van der Waals surface area contributed by atoms with Crippen molar-refractivity contribution in [2.75, 3.05) is 0 Å². The monoisotopic (exact) mass is 126 g/mol. The summed E-state index contributed by atoms with van der Waals surface area (Å²) in [6, 6.07) is 0. The minimum absolute atomic E-state index is 0.759. The predicted octanol–water partition coefficient (Wildman–Crippen LogP) is 1.32. The van der Waals surface area contributed by atoms with Gasteiger partial charge in [-0.2, -0.15) is 0 Å². The lowest BCUT2D eigenvalue weighted by Crippen LogP contribution is -2.18. The maximum absolute atomic E-state index is 5.08. The predicted molar refractivity (Wildman–Crippen MR) is 40.5 cm³/mol. The smallest absolute Gasteiger partial charge is 0.0412 e. The highest BCUT2D eigenvalue weighted by Crippen LogP contribution is 1.99. The molecule has 52 valence electrons. The van der Waals surface area contributed by atoms with Crippen LogP contribution in [0.2, 0.25) is 0 Å². The minimum Gasteiger partial charge on any atom is -0.325 e. The molecule has 0 aliphatic heterocycles. The van der Waals surface area contributed by atoms with Crippen LogP contribution < -0.4 is 11.3 Å². The molecule has 9 heavy (non-hydrogen) atoms. The fourth-order valence-electron chi connectivity index (χ4n) is 0.441. The number of hydrogen-bond acceptors (Lipinski definition) is 2. The number of rotatable bonds is 3. The molecule has 0 aromatic heterocycles. The van der Waals surface area contributed by atoms with Crippen LogP contribution in [-0.2, 0) is 0 Å². The Balaban J connectivity index is 3.79. The van der Waals surface area contributed by atoms with Crippen molar-refractivity contribution >= 4 is 0 Å². The van der Waals surface area contributed by atoms with E-state index in [2.05, 4.69) is 18.9 Å². The molecule has 0 unspecified atom stereocenters. The van der Waals surface area contributed by atoms with E-state index in [-0.39, 0.29) is 0 Å². The van der Waals surface area contributed by atoms with Crippen LogP contribution in [0.5, 0.6) is 0 Å². The molecule has 0 saturated carbocycles. The van der Waals surface area contributed by atoms with Gasteiger partial charge in [0.1, 0.15) is 0 Å². The van der Waals surface area contributed by atoms with Gasteiger partial charge in [-0.25, -0.2) is 0 Å². The number of hydrogen-bond donors (Lipinski definition) is 2. The van der Waals surface area contributed by atoms with E-state index in [9.17, 15) is 0 Å². The Kier molecular flexibility index (Phi) is 3.80. The fourth-order valence-corrected chi connectivity index (χ4v) is 0.441. The molecule has 0 amide bonds. The van der Waals surface area contributed by atoms with E-state index >= 15 is 0 Å². The molecule has 2 heteroatoms. The van der Waals surface area contributed by atoms with Crippen molar-refractivity contribution in [2.45, 2.75) is 20.3 Å². The molecule has 0 saturated heterocycles. The molecule has 0 aromatic rings. The van der Waals surface area contributed by atoms with Gasteiger partial charge in [0.15, 0.2) is 0 Å². The first-order valence-corrected chi connectivity index (χ1v) is 3.03. The van der Waals surface area contributed by atoms with Crippen LogP contribution in [0.4, 0.5) is 0 Å². The molecule has 0 radical (unpaired) electrons. The first kappa shape index (κ1) is 8.24. The summed E-state index contributed by atoms with van der Waals surface area (Å²) in [5.74, 6) is 5.08. The van der Waals surface area contributed by atoms with E-state index in [1.54, 1.807) is 0 Å². The molecule has 0 aliphatic carbocycles. The molecule has 0 aromatic carbocycles. The minimum atomic E-state index is 0.759. The Bertz CT molecular complexity index is 125. The lowest BCUT2D eigenvalue weighted by atomic mass is 10.2. The SMILES string of the molecule is C=C(/C=C(/C)CC)NN. The highest BCUT2D eigenvalue weighted by atomic mass is 15.2. The fraction of sp³-hybridized carbons (Fsp3) is 0.429. The summed E-state index contributed by atoms with van der Waals surface area (Å²) in [4.78, 5) is 0. The van der Waals surface area contributed by atoms with Gasteiger partial charge >= 0.3 is 0 Å². The van der Waals surface area contributed by atoms with Gasteiger partial charge < -0.3 is 5.43 Å². The zero-order valence-electron chi connectivity index (χ0n) is 6.07. The van der Waals surface area contributed by atoms with Crippen molar-refractivity contribution in [1.29, 1.82) is 0 Å². The number of nitrogens with one attached hydrogen (secondary N) is 1. The summed E-state index contributed by atoms with van der Waals surface area (Å²) in [6.07, 6.45) is 2.97.